The van der Waals surface area contributed by atoms with Gasteiger partial charge in [-0.25, -0.2) is 0 Å². The molecule has 148 valence electrons. The SMILES string of the molecule is C1=CC(c2ccc(C3(C4CC=CC4)C4=C(CCC=C4)c4ccccc43)cc2)=CCC1. The molecule has 2 aromatic carbocycles. The van der Waals surface area contributed by atoms with Crippen molar-refractivity contribution in [3.8, 4) is 0 Å². The highest BCUT2D eigenvalue weighted by atomic mass is 14.5. The molecule has 0 saturated heterocycles. The first-order valence-corrected chi connectivity index (χ1v) is 11.5. The van der Waals surface area contributed by atoms with Crippen LogP contribution in [0.2, 0.25) is 0 Å². The Morgan fingerprint density at radius 1 is 0.733 bits per heavy atom. The minimum absolute atomic E-state index is 0.0261. The summed E-state index contributed by atoms with van der Waals surface area (Å²) in [5.74, 6) is 0.591. The lowest BCUT2D eigenvalue weighted by atomic mass is 9.62. The predicted octanol–water partition coefficient (Wildman–Crippen LogP) is 7.79. The summed E-state index contributed by atoms with van der Waals surface area (Å²) in [6.45, 7) is 0. The van der Waals surface area contributed by atoms with Crippen molar-refractivity contribution in [3.05, 3.63) is 119 Å². The molecule has 1 atom stereocenters. The van der Waals surface area contributed by atoms with Gasteiger partial charge >= 0.3 is 0 Å². The molecular weight excluding hydrogens is 360 g/mol. The van der Waals surface area contributed by atoms with E-state index in [0.717, 1.165) is 25.7 Å². The van der Waals surface area contributed by atoms with Gasteiger partial charge in [-0.1, -0.05) is 91.1 Å². The van der Waals surface area contributed by atoms with Crippen LogP contribution in [0.4, 0.5) is 0 Å². The Kier molecular flexibility index (Phi) is 4.27. The maximum absolute atomic E-state index is 2.46. The average molecular weight is 389 g/mol. The van der Waals surface area contributed by atoms with Crippen molar-refractivity contribution in [2.75, 3.05) is 0 Å². The fourth-order valence-electron chi connectivity index (χ4n) is 6.26. The highest BCUT2D eigenvalue weighted by molar-refractivity contribution is 5.86. The molecule has 4 aliphatic carbocycles. The first-order valence-electron chi connectivity index (χ1n) is 11.5. The summed E-state index contributed by atoms with van der Waals surface area (Å²) in [5.41, 5.74) is 10.3. The smallest absolute Gasteiger partial charge is 0.0494 e. The van der Waals surface area contributed by atoms with Gasteiger partial charge in [0.1, 0.15) is 0 Å². The van der Waals surface area contributed by atoms with E-state index in [-0.39, 0.29) is 5.41 Å². The van der Waals surface area contributed by atoms with Gasteiger partial charge in [-0.15, -0.1) is 0 Å². The highest BCUT2D eigenvalue weighted by Gasteiger charge is 2.50. The van der Waals surface area contributed by atoms with Crippen LogP contribution in [0, 0.1) is 5.92 Å². The maximum Gasteiger partial charge on any atom is 0.0494 e. The monoisotopic (exact) mass is 388 g/mol. The van der Waals surface area contributed by atoms with Crippen LogP contribution in [0.15, 0.2) is 96.6 Å². The first kappa shape index (κ1) is 18.0. The normalized spacial score (nSPS) is 24.9. The van der Waals surface area contributed by atoms with Gasteiger partial charge in [0.05, 0.1) is 0 Å². The maximum atomic E-state index is 2.46. The Balaban J connectivity index is 1.55. The molecule has 0 nitrogen and oxygen atoms in total. The lowest BCUT2D eigenvalue weighted by Crippen LogP contribution is -2.36. The fourth-order valence-corrected chi connectivity index (χ4v) is 6.26. The second-order valence-electron chi connectivity index (χ2n) is 9.04. The van der Waals surface area contributed by atoms with E-state index in [4.69, 9.17) is 0 Å². The molecule has 0 aliphatic heterocycles. The molecule has 0 N–H and O–H groups in total. The molecule has 0 fully saturated rings. The van der Waals surface area contributed by atoms with Crippen LogP contribution >= 0.6 is 0 Å². The molecule has 0 saturated carbocycles. The lowest BCUT2D eigenvalue weighted by Gasteiger charge is -2.40. The van der Waals surface area contributed by atoms with E-state index >= 15 is 0 Å². The zero-order valence-electron chi connectivity index (χ0n) is 17.5. The van der Waals surface area contributed by atoms with Crippen LogP contribution < -0.4 is 0 Å². The van der Waals surface area contributed by atoms with Crippen LogP contribution in [0.1, 0.15) is 60.8 Å². The Labute approximate surface area is 180 Å². The summed E-state index contributed by atoms with van der Waals surface area (Å²) in [6, 6.07) is 18.8. The Hall–Kier alpha value is -2.86. The summed E-state index contributed by atoms with van der Waals surface area (Å²) in [4.78, 5) is 0. The van der Waals surface area contributed by atoms with E-state index in [2.05, 4.69) is 91.1 Å². The Bertz CT molecular complexity index is 1120. The van der Waals surface area contributed by atoms with Gasteiger partial charge in [-0.3, -0.25) is 0 Å². The number of rotatable bonds is 3. The van der Waals surface area contributed by atoms with Gasteiger partial charge in [0.2, 0.25) is 0 Å². The van der Waals surface area contributed by atoms with Crippen molar-refractivity contribution in [2.45, 2.75) is 43.9 Å². The lowest BCUT2D eigenvalue weighted by molar-refractivity contribution is 0.397. The Morgan fingerprint density at radius 2 is 1.53 bits per heavy atom. The number of benzene rings is 2. The van der Waals surface area contributed by atoms with Gasteiger partial charge in [-0.05, 0) is 83.4 Å². The second kappa shape index (κ2) is 7.13. The molecule has 0 spiro atoms. The minimum Gasteiger partial charge on any atom is -0.0882 e. The zero-order valence-corrected chi connectivity index (χ0v) is 17.5. The van der Waals surface area contributed by atoms with E-state index in [0.29, 0.717) is 5.92 Å². The molecule has 0 aromatic heterocycles. The van der Waals surface area contributed by atoms with E-state index in [9.17, 15) is 0 Å². The summed E-state index contributed by atoms with van der Waals surface area (Å²) < 4.78 is 0. The van der Waals surface area contributed by atoms with Crippen LogP contribution in [-0.4, -0.2) is 0 Å². The van der Waals surface area contributed by atoms with E-state index in [1.807, 2.05) is 0 Å². The molecule has 0 radical (unpaired) electrons. The molecule has 0 amide bonds. The summed E-state index contributed by atoms with van der Waals surface area (Å²) in [7, 11) is 0. The van der Waals surface area contributed by atoms with Crippen LogP contribution in [-0.2, 0) is 5.41 Å². The number of hydrogen-bond donors (Lipinski definition) is 0. The van der Waals surface area contributed by atoms with Crippen molar-refractivity contribution in [2.24, 2.45) is 5.92 Å². The average Bonchev–Trinajstić information content (AvgIpc) is 3.46. The fraction of sp³-hybridized carbons (Fsp3) is 0.267. The number of hydrogen-bond acceptors (Lipinski definition) is 0. The molecule has 4 aliphatic rings. The van der Waals surface area contributed by atoms with Crippen LogP contribution in [0.5, 0.6) is 0 Å². The van der Waals surface area contributed by atoms with Crippen molar-refractivity contribution < 1.29 is 0 Å². The Morgan fingerprint density at radius 3 is 2.33 bits per heavy atom. The summed E-state index contributed by atoms with van der Waals surface area (Å²) in [5, 5.41) is 0. The molecular formula is C30H28. The molecule has 1 unspecified atom stereocenters. The van der Waals surface area contributed by atoms with Gasteiger partial charge in [0.15, 0.2) is 0 Å². The molecule has 0 heterocycles. The second-order valence-corrected chi connectivity index (χ2v) is 9.04. The molecule has 2 aromatic rings. The van der Waals surface area contributed by atoms with Crippen LogP contribution in [0.3, 0.4) is 0 Å². The predicted molar refractivity (Wildman–Crippen MR) is 127 cm³/mol. The van der Waals surface area contributed by atoms with Crippen molar-refractivity contribution in [1.82, 2.24) is 0 Å². The number of allylic oxidation sites excluding steroid dienone is 10. The standard InChI is InChI=1S/C30H28/c1-2-10-22(11-3-1)23-18-20-25(21-19-23)30(24-12-4-5-13-24)28-16-8-6-14-26(28)27-15-7-9-17-29(27)30/h2,4-6,8-11,14,16-21,24H,1,3,7,12-13,15H2. The van der Waals surface area contributed by atoms with Crippen molar-refractivity contribution >= 4 is 11.1 Å². The van der Waals surface area contributed by atoms with Gasteiger partial charge < -0.3 is 0 Å². The van der Waals surface area contributed by atoms with E-state index in [1.165, 1.54) is 40.7 Å². The molecule has 6 rings (SSSR count). The van der Waals surface area contributed by atoms with Gasteiger partial charge in [0.25, 0.3) is 0 Å². The number of fused-ring (bicyclic) bond motifs is 2. The van der Waals surface area contributed by atoms with Crippen molar-refractivity contribution in [1.29, 1.82) is 0 Å². The van der Waals surface area contributed by atoms with Gasteiger partial charge in [-0.2, -0.15) is 0 Å². The summed E-state index contributed by atoms with van der Waals surface area (Å²) in [6.07, 6.45) is 23.6. The van der Waals surface area contributed by atoms with Crippen LogP contribution in [0.25, 0.3) is 11.1 Å². The first-order chi connectivity index (χ1) is 14.9. The molecule has 0 heteroatoms. The molecule has 30 heavy (non-hydrogen) atoms. The minimum atomic E-state index is -0.0261. The highest BCUT2D eigenvalue weighted by Crippen LogP contribution is 2.59. The third-order valence-corrected chi connectivity index (χ3v) is 7.56. The van der Waals surface area contributed by atoms with E-state index < -0.39 is 0 Å². The third kappa shape index (κ3) is 2.53. The molecule has 0 bridgehead atoms. The van der Waals surface area contributed by atoms with Crippen molar-refractivity contribution in [3.63, 3.8) is 0 Å². The zero-order chi connectivity index (χ0) is 20.0. The largest absolute Gasteiger partial charge is 0.0882 e. The van der Waals surface area contributed by atoms with Gasteiger partial charge in [0, 0.05) is 5.41 Å². The third-order valence-electron chi connectivity index (χ3n) is 7.56. The summed E-state index contributed by atoms with van der Waals surface area (Å²) >= 11 is 0. The topological polar surface area (TPSA) is 0 Å². The quantitative estimate of drug-likeness (QED) is 0.471. The van der Waals surface area contributed by atoms with E-state index in [1.54, 1.807) is 11.1 Å².